The molecule has 1 saturated carbocycles. The lowest BCUT2D eigenvalue weighted by atomic mass is 10.1. The maximum absolute atomic E-state index is 12.4. The first-order valence-corrected chi connectivity index (χ1v) is 7.19. The van der Waals surface area contributed by atoms with Crippen LogP contribution in [0.25, 0.3) is 0 Å². The van der Waals surface area contributed by atoms with E-state index in [4.69, 9.17) is 5.73 Å². The number of nitrogens with two attached hydrogens (primary N) is 1. The summed E-state index contributed by atoms with van der Waals surface area (Å²) >= 11 is 0. The van der Waals surface area contributed by atoms with E-state index in [1.807, 2.05) is 17.0 Å². The molecule has 0 aliphatic heterocycles. The summed E-state index contributed by atoms with van der Waals surface area (Å²) < 4.78 is 0. The molecule has 2 rings (SSSR count). The van der Waals surface area contributed by atoms with Gasteiger partial charge in [0, 0.05) is 13.1 Å². The molecule has 1 aromatic rings. The number of hydrogen-bond acceptors (Lipinski definition) is 2. The molecule has 3 nitrogen and oxygen atoms in total. The Bertz CT molecular complexity index is 458. The molecule has 112 valence electrons. The van der Waals surface area contributed by atoms with Crippen LogP contribution in [0.15, 0.2) is 24.3 Å². The monoisotopic (exact) mass is 296 g/mol. The average Bonchev–Trinajstić information content (AvgIpc) is 3.15. The molecule has 0 heterocycles. The lowest BCUT2D eigenvalue weighted by Gasteiger charge is -2.26. The van der Waals surface area contributed by atoms with Crippen molar-refractivity contribution in [3.8, 4) is 0 Å². The van der Waals surface area contributed by atoms with Gasteiger partial charge in [0.15, 0.2) is 0 Å². The first kappa shape index (κ1) is 17.0. The van der Waals surface area contributed by atoms with Crippen molar-refractivity contribution in [1.82, 2.24) is 4.90 Å². The Morgan fingerprint density at radius 2 is 2.00 bits per heavy atom. The van der Waals surface area contributed by atoms with Crippen LogP contribution in [-0.4, -0.2) is 22.9 Å². The van der Waals surface area contributed by atoms with E-state index < -0.39 is 5.54 Å². The van der Waals surface area contributed by atoms with Gasteiger partial charge < -0.3 is 10.6 Å². The summed E-state index contributed by atoms with van der Waals surface area (Å²) in [5.41, 5.74) is 7.96. The Morgan fingerprint density at radius 3 is 2.55 bits per heavy atom. The summed E-state index contributed by atoms with van der Waals surface area (Å²) in [4.78, 5) is 14.4. The van der Waals surface area contributed by atoms with Gasteiger partial charge in [0.25, 0.3) is 0 Å². The second-order valence-corrected chi connectivity index (χ2v) is 5.66. The van der Waals surface area contributed by atoms with Crippen molar-refractivity contribution in [3.63, 3.8) is 0 Å². The van der Waals surface area contributed by atoms with Crippen LogP contribution in [0.1, 0.15) is 43.7 Å². The Morgan fingerprint density at radius 1 is 1.35 bits per heavy atom. The number of benzene rings is 1. The first-order valence-electron chi connectivity index (χ1n) is 7.19. The van der Waals surface area contributed by atoms with Crippen LogP contribution in [0.2, 0.25) is 0 Å². The molecule has 0 spiro atoms. The van der Waals surface area contributed by atoms with Crippen LogP contribution >= 0.6 is 12.4 Å². The molecule has 0 radical (unpaired) electrons. The Balaban J connectivity index is 0.00000200. The molecule has 1 aromatic carbocycles. The molecule has 4 heteroatoms. The van der Waals surface area contributed by atoms with E-state index in [-0.39, 0.29) is 18.3 Å². The highest BCUT2D eigenvalue weighted by atomic mass is 35.5. The van der Waals surface area contributed by atoms with Gasteiger partial charge in [-0.15, -0.1) is 12.4 Å². The normalized spacial score (nSPS) is 15.3. The molecule has 0 atom stereocenters. The van der Waals surface area contributed by atoms with Crippen molar-refractivity contribution in [3.05, 3.63) is 35.4 Å². The van der Waals surface area contributed by atoms with Crippen molar-refractivity contribution < 1.29 is 4.79 Å². The molecule has 20 heavy (non-hydrogen) atoms. The van der Waals surface area contributed by atoms with Gasteiger partial charge in [-0.1, -0.05) is 37.6 Å². The molecule has 2 N–H and O–H groups in total. The fraction of sp³-hybridized carbons (Fsp3) is 0.562. The second-order valence-electron chi connectivity index (χ2n) is 5.66. The quantitative estimate of drug-likeness (QED) is 0.877. The smallest absolute Gasteiger partial charge is 0.242 e. The van der Waals surface area contributed by atoms with Gasteiger partial charge >= 0.3 is 0 Å². The first-order chi connectivity index (χ1) is 9.07. The maximum Gasteiger partial charge on any atom is 0.242 e. The predicted molar refractivity (Wildman–Crippen MR) is 84.9 cm³/mol. The zero-order valence-electron chi connectivity index (χ0n) is 12.4. The van der Waals surface area contributed by atoms with Gasteiger partial charge in [-0.2, -0.15) is 0 Å². The van der Waals surface area contributed by atoms with E-state index in [9.17, 15) is 4.79 Å². The summed E-state index contributed by atoms with van der Waals surface area (Å²) in [6, 6.07) is 8.24. The maximum atomic E-state index is 12.4. The van der Waals surface area contributed by atoms with E-state index >= 15 is 0 Å². The number of unbranched alkanes of at least 4 members (excludes halogenated alkanes) is 1. The fourth-order valence-corrected chi connectivity index (χ4v) is 2.26. The predicted octanol–water partition coefficient (Wildman–Crippen LogP) is 3.04. The zero-order valence-corrected chi connectivity index (χ0v) is 13.2. The van der Waals surface area contributed by atoms with E-state index in [1.165, 1.54) is 11.1 Å². The average molecular weight is 297 g/mol. The minimum absolute atomic E-state index is 0. The SMILES string of the molecule is CCCCN(Cc1ccccc1C)C(=O)C1(N)CC1.Cl. The van der Waals surface area contributed by atoms with Gasteiger partial charge in [-0.3, -0.25) is 4.79 Å². The third kappa shape index (κ3) is 3.97. The Kier molecular flexibility index (Phi) is 6.03. The minimum Gasteiger partial charge on any atom is -0.337 e. The third-order valence-electron chi connectivity index (χ3n) is 3.91. The van der Waals surface area contributed by atoms with Crippen LogP contribution < -0.4 is 5.73 Å². The minimum atomic E-state index is -0.559. The molecule has 0 bridgehead atoms. The van der Waals surface area contributed by atoms with Crippen LogP contribution in [0.5, 0.6) is 0 Å². The highest BCUT2D eigenvalue weighted by molar-refractivity contribution is 5.89. The number of hydrogen-bond donors (Lipinski definition) is 1. The lowest BCUT2D eigenvalue weighted by Crippen LogP contribution is -2.45. The molecule has 1 aliphatic rings. The zero-order chi connectivity index (χ0) is 13.9. The van der Waals surface area contributed by atoms with Crippen molar-refractivity contribution in [2.24, 2.45) is 5.73 Å². The molecule has 0 aromatic heterocycles. The molecular formula is C16H25ClN2O. The Hall–Kier alpha value is -1.06. The van der Waals surface area contributed by atoms with E-state index in [0.717, 1.165) is 32.2 Å². The summed E-state index contributed by atoms with van der Waals surface area (Å²) in [5.74, 6) is 0.129. The van der Waals surface area contributed by atoms with E-state index in [1.54, 1.807) is 0 Å². The highest BCUT2D eigenvalue weighted by Crippen LogP contribution is 2.34. The molecular weight excluding hydrogens is 272 g/mol. The topological polar surface area (TPSA) is 46.3 Å². The molecule has 1 aliphatic carbocycles. The highest BCUT2D eigenvalue weighted by Gasteiger charge is 2.47. The summed E-state index contributed by atoms with van der Waals surface area (Å²) in [6.45, 7) is 5.73. The van der Waals surface area contributed by atoms with Gasteiger partial charge in [0.05, 0.1) is 5.54 Å². The van der Waals surface area contributed by atoms with E-state index in [2.05, 4.69) is 26.0 Å². The van der Waals surface area contributed by atoms with Gasteiger partial charge in [0.1, 0.15) is 0 Å². The number of carbonyl (C=O) groups is 1. The summed E-state index contributed by atoms with van der Waals surface area (Å²) in [5, 5.41) is 0. The number of amides is 1. The molecule has 0 unspecified atom stereocenters. The van der Waals surface area contributed by atoms with Crippen molar-refractivity contribution in [2.45, 2.75) is 51.6 Å². The largest absolute Gasteiger partial charge is 0.337 e. The van der Waals surface area contributed by atoms with Crippen LogP contribution in [0, 0.1) is 6.92 Å². The van der Waals surface area contributed by atoms with Crippen LogP contribution in [-0.2, 0) is 11.3 Å². The van der Waals surface area contributed by atoms with Gasteiger partial charge in [0.2, 0.25) is 5.91 Å². The Labute approximate surface area is 127 Å². The van der Waals surface area contributed by atoms with Gasteiger partial charge in [-0.05, 0) is 37.3 Å². The van der Waals surface area contributed by atoms with Crippen LogP contribution in [0.3, 0.4) is 0 Å². The number of nitrogens with zero attached hydrogens (tertiary/aromatic N) is 1. The fourth-order valence-electron chi connectivity index (χ4n) is 2.26. The van der Waals surface area contributed by atoms with E-state index in [0.29, 0.717) is 6.54 Å². The molecule has 1 fully saturated rings. The standard InChI is InChI=1S/C16H24N2O.ClH/c1-3-4-11-18(15(19)16(17)9-10-16)12-14-8-6-5-7-13(14)2;/h5-8H,3-4,9-12,17H2,1-2H3;1H. The number of aryl methyl sites for hydroxylation is 1. The van der Waals surface area contributed by atoms with Crippen molar-refractivity contribution in [1.29, 1.82) is 0 Å². The van der Waals surface area contributed by atoms with Crippen molar-refractivity contribution >= 4 is 18.3 Å². The van der Waals surface area contributed by atoms with Crippen molar-refractivity contribution in [2.75, 3.05) is 6.54 Å². The number of rotatable bonds is 6. The third-order valence-corrected chi connectivity index (χ3v) is 3.91. The number of carbonyl (C=O) groups excluding carboxylic acids is 1. The second kappa shape index (κ2) is 7.09. The number of halogens is 1. The summed E-state index contributed by atoms with van der Waals surface area (Å²) in [7, 11) is 0. The summed E-state index contributed by atoms with van der Waals surface area (Å²) in [6.07, 6.45) is 3.80. The molecule has 1 amide bonds. The van der Waals surface area contributed by atoms with Gasteiger partial charge in [-0.25, -0.2) is 0 Å². The molecule has 0 saturated heterocycles. The lowest BCUT2D eigenvalue weighted by molar-refractivity contribution is -0.134. The van der Waals surface area contributed by atoms with Crippen LogP contribution in [0.4, 0.5) is 0 Å².